The van der Waals surface area contributed by atoms with Gasteiger partial charge in [-0.3, -0.25) is 4.79 Å². The molecule has 0 heterocycles. The molecule has 0 saturated heterocycles. The average molecular weight is 230 g/mol. The Bertz CT molecular complexity index is 394. The third-order valence-electron chi connectivity index (χ3n) is 2.06. The number of Topliss-reactive ketones (excluding diaryl/α,β-unsaturated/α-hetero) is 1. The molecule has 17 heavy (non-hydrogen) atoms. The molecule has 2 heteroatoms. The van der Waals surface area contributed by atoms with Crippen LogP contribution in [0.4, 0.5) is 0 Å². The minimum Gasteiger partial charge on any atom is -0.300 e. The Labute approximate surface area is 103 Å². The van der Waals surface area contributed by atoms with Crippen LogP contribution in [0.2, 0.25) is 0 Å². The maximum atomic E-state index is 11.3. The van der Waals surface area contributed by atoms with E-state index in [0.29, 0.717) is 12.8 Å². The van der Waals surface area contributed by atoms with Crippen molar-refractivity contribution in [3.63, 3.8) is 0 Å². The first-order valence-electron chi connectivity index (χ1n) is 5.78. The number of carbonyl (C=O) groups excluding carboxylic acids is 2. The summed E-state index contributed by atoms with van der Waals surface area (Å²) in [6.07, 6.45) is 6.78. The molecule has 0 fully saturated rings. The zero-order valence-electron chi connectivity index (χ0n) is 10.5. The second-order valence-electron chi connectivity index (χ2n) is 3.71. The van der Waals surface area contributed by atoms with Crippen LogP contribution in [-0.4, -0.2) is 11.6 Å². The first kappa shape index (κ1) is 15.2. The molecule has 0 atom stereocenters. The zero-order chi connectivity index (χ0) is 12.9. The van der Waals surface area contributed by atoms with Gasteiger partial charge in [0, 0.05) is 12.8 Å². The van der Waals surface area contributed by atoms with Crippen molar-refractivity contribution in [2.24, 2.45) is 0 Å². The topological polar surface area (TPSA) is 34.1 Å². The molecule has 0 aromatic carbocycles. The van der Waals surface area contributed by atoms with Gasteiger partial charge in [0.05, 0.1) is 0 Å². The molecule has 0 unspecified atom stereocenters. The van der Waals surface area contributed by atoms with Gasteiger partial charge in [-0.15, -0.1) is 0 Å². The summed E-state index contributed by atoms with van der Waals surface area (Å²) >= 11 is 0. The second kappa shape index (κ2) is 10.7. The van der Waals surface area contributed by atoms with Gasteiger partial charge in [0.25, 0.3) is 0 Å². The lowest BCUT2D eigenvalue weighted by Crippen LogP contribution is -1.93. The summed E-state index contributed by atoms with van der Waals surface area (Å²) in [5, 5.41) is 0. The molecule has 0 aromatic rings. The Morgan fingerprint density at radius 3 is 2.41 bits per heavy atom. The molecular formula is C15H18O2. The van der Waals surface area contributed by atoms with E-state index in [1.807, 2.05) is 0 Å². The molecule has 0 bridgehead atoms. The lowest BCUT2D eigenvalue weighted by Gasteiger charge is -1.96. The Morgan fingerprint density at radius 2 is 1.76 bits per heavy atom. The first-order valence-corrected chi connectivity index (χ1v) is 5.78. The van der Waals surface area contributed by atoms with Crippen LogP contribution >= 0.6 is 0 Å². The summed E-state index contributed by atoms with van der Waals surface area (Å²) < 4.78 is 0. The number of carbonyl (C=O) groups is 2. The highest BCUT2D eigenvalue weighted by Gasteiger charge is 1.97. The molecule has 0 spiro atoms. The van der Waals surface area contributed by atoms with Gasteiger partial charge >= 0.3 is 0 Å². The van der Waals surface area contributed by atoms with E-state index >= 15 is 0 Å². The SMILES string of the molecule is CC#CC#C/C=C/C(=O)CCCCCC(C)=O. The number of rotatable bonds is 7. The van der Waals surface area contributed by atoms with Gasteiger partial charge in [0.15, 0.2) is 5.78 Å². The fraction of sp³-hybridized carbons (Fsp3) is 0.467. The Kier molecular flexibility index (Phi) is 9.58. The maximum Gasteiger partial charge on any atom is 0.156 e. The van der Waals surface area contributed by atoms with Crippen LogP contribution in [0, 0.1) is 23.7 Å². The van der Waals surface area contributed by atoms with Crippen LogP contribution in [0.25, 0.3) is 0 Å². The monoisotopic (exact) mass is 230 g/mol. The van der Waals surface area contributed by atoms with Crippen LogP contribution in [0.1, 0.15) is 46.0 Å². The number of hydrogen-bond donors (Lipinski definition) is 0. The van der Waals surface area contributed by atoms with Crippen molar-refractivity contribution in [1.82, 2.24) is 0 Å². The molecular weight excluding hydrogens is 212 g/mol. The van der Waals surface area contributed by atoms with Crippen molar-refractivity contribution < 1.29 is 9.59 Å². The fourth-order valence-electron chi connectivity index (χ4n) is 1.21. The average Bonchev–Trinajstić information content (AvgIpc) is 2.28. The highest BCUT2D eigenvalue weighted by atomic mass is 16.1. The first-order chi connectivity index (χ1) is 8.16. The standard InChI is InChI=1S/C15H18O2/c1-3-4-5-6-9-12-15(17)13-10-7-8-11-14(2)16/h9,12H,7-8,10-11,13H2,1-2H3/b12-9+. The lowest BCUT2D eigenvalue weighted by atomic mass is 10.1. The normalized spacial score (nSPS) is 9.06. The summed E-state index contributed by atoms with van der Waals surface area (Å²) in [5.74, 6) is 10.8. The molecule has 0 radical (unpaired) electrons. The van der Waals surface area contributed by atoms with Crippen molar-refractivity contribution >= 4 is 11.6 Å². The van der Waals surface area contributed by atoms with E-state index in [1.54, 1.807) is 13.8 Å². The number of unbranched alkanes of at least 4 members (excludes halogenated alkanes) is 2. The maximum absolute atomic E-state index is 11.3. The Hall–Kier alpha value is -1.80. The molecule has 0 aliphatic heterocycles. The highest BCUT2D eigenvalue weighted by molar-refractivity contribution is 5.90. The fourth-order valence-corrected chi connectivity index (χ4v) is 1.21. The van der Waals surface area contributed by atoms with Crippen molar-refractivity contribution in [2.75, 3.05) is 0 Å². The summed E-state index contributed by atoms with van der Waals surface area (Å²) in [4.78, 5) is 22.0. The molecule has 0 saturated carbocycles. The predicted octanol–water partition coefficient (Wildman–Crippen LogP) is 2.68. The number of hydrogen-bond acceptors (Lipinski definition) is 2. The lowest BCUT2D eigenvalue weighted by molar-refractivity contribution is -0.117. The van der Waals surface area contributed by atoms with Gasteiger partial charge < -0.3 is 4.79 Å². The minimum atomic E-state index is 0.0755. The summed E-state index contributed by atoms with van der Waals surface area (Å²) in [7, 11) is 0. The van der Waals surface area contributed by atoms with Crippen LogP contribution in [0.5, 0.6) is 0 Å². The van der Waals surface area contributed by atoms with E-state index in [-0.39, 0.29) is 11.6 Å². The van der Waals surface area contributed by atoms with Gasteiger partial charge in [-0.25, -0.2) is 0 Å². The van der Waals surface area contributed by atoms with E-state index in [4.69, 9.17) is 0 Å². The van der Waals surface area contributed by atoms with Crippen molar-refractivity contribution in [3.8, 4) is 23.7 Å². The molecule has 0 aromatic heterocycles. The molecule has 0 amide bonds. The van der Waals surface area contributed by atoms with Crippen LogP contribution in [0.3, 0.4) is 0 Å². The van der Waals surface area contributed by atoms with Gasteiger partial charge in [-0.1, -0.05) is 18.3 Å². The van der Waals surface area contributed by atoms with E-state index in [1.165, 1.54) is 12.2 Å². The molecule has 0 aliphatic rings. The minimum absolute atomic E-state index is 0.0755. The largest absolute Gasteiger partial charge is 0.300 e. The quantitative estimate of drug-likeness (QED) is 0.383. The summed E-state index contributed by atoms with van der Waals surface area (Å²) in [6.45, 7) is 3.30. The van der Waals surface area contributed by atoms with Crippen molar-refractivity contribution in [3.05, 3.63) is 12.2 Å². The number of ketones is 2. The van der Waals surface area contributed by atoms with E-state index in [9.17, 15) is 9.59 Å². The Balaban J connectivity index is 3.63. The summed E-state index contributed by atoms with van der Waals surface area (Å²) in [5.41, 5.74) is 0. The van der Waals surface area contributed by atoms with Crippen LogP contribution < -0.4 is 0 Å². The third-order valence-corrected chi connectivity index (χ3v) is 2.06. The van der Waals surface area contributed by atoms with E-state index < -0.39 is 0 Å². The molecule has 0 aliphatic carbocycles. The highest BCUT2D eigenvalue weighted by Crippen LogP contribution is 2.04. The number of allylic oxidation sites excluding steroid dienone is 2. The zero-order valence-corrected chi connectivity index (χ0v) is 10.5. The molecule has 0 N–H and O–H groups in total. The third kappa shape index (κ3) is 12.1. The van der Waals surface area contributed by atoms with Gasteiger partial charge in [-0.05, 0) is 50.7 Å². The van der Waals surface area contributed by atoms with E-state index in [2.05, 4.69) is 23.7 Å². The predicted molar refractivity (Wildman–Crippen MR) is 69.1 cm³/mol. The van der Waals surface area contributed by atoms with E-state index in [0.717, 1.165) is 19.3 Å². The molecule has 2 nitrogen and oxygen atoms in total. The van der Waals surface area contributed by atoms with Crippen LogP contribution in [0.15, 0.2) is 12.2 Å². The van der Waals surface area contributed by atoms with Gasteiger partial charge in [0.1, 0.15) is 5.78 Å². The molecule has 90 valence electrons. The van der Waals surface area contributed by atoms with Crippen molar-refractivity contribution in [2.45, 2.75) is 46.0 Å². The smallest absolute Gasteiger partial charge is 0.156 e. The summed E-state index contributed by atoms with van der Waals surface area (Å²) in [6, 6.07) is 0. The van der Waals surface area contributed by atoms with Gasteiger partial charge in [-0.2, -0.15) is 0 Å². The second-order valence-corrected chi connectivity index (χ2v) is 3.71. The van der Waals surface area contributed by atoms with Crippen LogP contribution in [-0.2, 0) is 9.59 Å². The Morgan fingerprint density at radius 1 is 1.06 bits per heavy atom. The van der Waals surface area contributed by atoms with Gasteiger partial charge in [0.2, 0.25) is 0 Å². The van der Waals surface area contributed by atoms with Crippen molar-refractivity contribution in [1.29, 1.82) is 0 Å². The molecule has 0 rings (SSSR count).